The molecule has 0 spiro atoms. The van der Waals surface area contributed by atoms with Crippen LogP contribution in [0.3, 0.4) is 0 Å². The van der Waals surface area contributed by atoms with Gasteiger partial charge in [0, 0.05) is 36.8 Å². The van der Waals surface area contributed by atoms with Crippen LogP contribution in [-0.2, 0) is 11.8 Å². The van der Waals surface area contributed by atoms with Crippen molar-refractivity contribution in [1.29, 1.82) is 0 Å². The summed E-state index contributed by atoms with van der Waals surface area (Å²) in [4.78, 5) is 2.71. The van der Waals surface area contributed by atoms with Crippen LogP contribution in [-0.4, -0.2) is 42.3 Å². The molecule has 2 fully saturated rings. The molecule has 30 heavy (non-hydrogen) atoms. The molecule has 2 aliphatic rings. The number of hydrogen-bond donors (Lipinski definition) is 2. The van der Waals surface area contributed by atoms with Crippen LogP contribution in [0.4, 0.5) is 5.69 Å². The molecule has 1 aliphatic carbocycles. The molecule has 0 radical (unpaired) electrons. The van der Waals surface area contributed by atoms with E-state index in [9.17, 15) is 5.11 Å². The lowest BCUT2D eigenvalue weighted by molar-refractivity contribution is -0.0153. The van der Waals surface area contributed by atoms with Gasteiger partial charge in [0.2, 0.25) is 0 Å². The number of nitrogens with zero attached hydrogens (tertiary/aromatic N) is 1. The van der Waals surface area contributed by atoms with E-state index in [0.29, 0.717) is 23.3 Å². The number of rotatable bonds is 8. The molecule has 3 nitrogen and oxygen atoms in total. The molecule has 1 heterocycles. The molecule has 1 saturated carbocycles. The number of aliphatic hydroxyl groups excluding tert-OH is 1. The third-order valence-electron chi connectivity index (χ3n) is 7.82. The van der Waals surface area contributed by atoms with Crippen LogP contribution in [0.2, 0.25) is 0 Å². The molecule has 1 aliphatic heterocycles. The fourth-order valence-electron chi connectivity index (χ4n) is 6.22. The summed E-state index contributed by atoms with van der Waals surface area (Å²) in [5.74, 6) is 0.957. The number of nitrogens with one attached hydrogen (secondary N) is 1. The van der Waals surface area contributed by atoms with E-state index in [-0.39, 0.29) is 6.61 Å². The van der Waals surface area contributed by atoms with Crippen LogP contribution in [0.5, 0.6) is 0 Å². The zero-order chi connectivity index (χ0) is 21.0. The Bertz CT molecular complexity index is 808. The highest BCUT2D eigenvalue weighted by Gasteiger charge is 2.49. The van der Waals surface area contributed by atoms with Gasteiger partial charge >= 0.3 is 0 Å². The number of aliphatic hydroxyl groups is 1. The van der Waals surface area contributed by atoms with E-state index in [1.807, 2.05) is 0 Å². The van der Waals surface area contributed by atoms with Gasteiger partial charge in [0.15, 0.2) is 0 Å². The first kappa shape index (κ1) is 21.4. The van der Waals surface area contributed by atoms with Crippen molar-refractivity contribution in [2.75, 3.05) is 31.6 Å². The summed E-state index contributed by atoms with van der Waals surface area (Å²) in [5.41, 5.74) is 4.42. The minimum atomic E-state index is 0.266. The van der Waals surface area contributed by atoms with Gasteiger partial charge in [-0.05, 0) is 74.2 Å². The summed E-state index contributed by atoms with van der Waals surface area (Å²) in [6.07, 6.45) is 6.09. The molecule has 4 atom stereocenters. The Balaban J connectivity index is 1.49. The van der Waals surface area contributed by atoms with Crippen molar-refractivity contribution < 1.29 is 5.11 Å². The summed E-state index contributed by atoms with van der Waals surface area (Å²) in [6, 6.07) is 20.5. The normalized spacial score (nSPS) is 27.6. The number of likely N-dealkylation sites (tertiary alicyclic amines) is 1. The van der Waals surface area contributed by atoms with Gasteiger partial charge in [0.05, 0.1) is 0 Å². The van der Waals surface area contributed by atoms with E-state index in [1.54, 1.807) is 0 Å². The zero-order valence-corrected chi connectivity index (χ0v) is 18.7. The van der Waals surface area contributed by atoms with E-state index >= 15 is 0 Å². The fraction of sp³-hybridized carbons (Fsp3) is 0.556. The van der Waals surface area contributed by atoms with Crippen LogP contribution in [0.15, 0.2) is 54.6 Å². The number of hydrogen-bond acceptors (Lipinski definition) is 3. The van der Waals surface area contributed by atoms with Crippen molar-refractivity contribution in [2.24, 2.45) is 11.8 Å². The zero-order valence-electron chi connectivity index (χ0n) is 18.7. The molecule has 0 amide bonds. The number of benzene rings is 2. The summed E-state index contributed by atoms with van der Waals surface area (Å²) in [7, 11) is 0. The van der Waals surface area contributed by atoms with Gasteiger partial charge in [-0.1, -0.05) is 55.8 Å². The molecule has 2 bridgehead atoms. The Morgan fingerprint density at radius 3 is 2.73 bits per heavy atom. The summed E-state index contributed by atoms with van der Waals surface area (Å²) >= 11 is 0. The van der Waals surface area contributed by atoms with Gasteiger partial charge in [0.1, 0.15) is 0 Å². The average Bonchev–Trinajstić information content (AvgIpc) is 2.76. The summed E-state index contributed by atoms with van der Waals surface area (Å²) in [5, 5.41) is 13.6. The predicted molar refractivity (Wildman–Crippen MR) is 126 cm³/mol. The molecule has 2 aromatic rings. The van der Waals surface area contributed by atoms with Gasteiger partial charge < -0.3 is 10.4 Å². The van der Waals surface area contributed by atoms with Crippen molar-refractivity contribution in [1.82, 2.24) is 4.90 Å². The summed E-state index contributed by atoms with van der Waals surface area (Å²) < 4.78 is 0. The monoisotopic (exact) mass is 406 g/mol. The van der Waals surface area contributed by atoms with Gasteiger partial charge in [-0.15, -0.1) is 0 Å². The van der Waals surface area contributed by atoms with Crippen LogP contribution < -0.4 is 5.32 Å². The van der Waals surface area contributed by atoms with E-state index in [0.717, 1.165) is 26.1 Å². The Labute approximate surface area is 182 Å². The third kappa shape index (κ3) is 4.29. The summed E-state index contributed by atoms with van der Waals surface area (Å²) in [6.45, 7) is 8.03. The lowest BCUT2D eigenvalue weighted by atomic mass is 9.57. The lowest BCUT2D eigenvalue weighted by Crippen LogP contribution is -2.58. The van der Waals surface area contributed by atoms with Crippen molar-refractivity contribution in [3.63, 3.8) is 0 Å². The highest BCUT2D eigenvalue weighted by Crippen LogP contribution is 2.51. The SMILES string of the molecule is CCNc1cccc(C23CCCC([C@@H]2C)N(C[C@H](CO)Cc2ccccc2)CC3)c1. The molecule has 1 saturated heterocycles. The van der Waals surface area contributed by atoms with Crippen molar-refractivity contribution in [3.05, 3.63) is 65.7 Å². The highest BCUT2D eigenvalue weighted by atomic mass is 16.3. The Morgan fingerprint density at radius 2 is 1.97 bits per heavy atom. The second-order valence-electron chi connectivity index (χ2n) is 9.50. The molecule has 2 N–H and O–H groups in total. The smallest absolute Gasteiger partial charge is 0.0474 e. The van der Waals surface area contributed by atoms with Gasteiger partial charge in [-0.25, -0.2) is 0 Å². The maximum atomic E-state index is 10.1. The standard InChI is InChI=1S/C27H38N2O/c1-3-28-25-12-7-11-24(18-25)27-14-8-13-26(21(27)2)29(16-15-27)19-23(20-30)17-22-9-5-4-6-10-22/h4-7,9-12,18,21,23,26,28,30H,3,8,13-17,19-20H2,1-2H3/t21-,23+,26?,27?/m0/s1. The Morgan fingerprint density at radius 1 is 1.13 bits per heavy atom. The van der Waals surface area contributed by atoms with E-state index in [2.05, 4.69) is 78.7 Å². The second kappa shape index (κ2) is 9.53. The quantitative estimate of drug-likeness (QED) is 0.640. The second-order valence-corrected chi connectivity index (χ2v) is 9.50. The van der Waals surface area contributed by atoms with E-state index < -0.39 is 0 Å². The van der Waals surface area contributed by atoms with Crippen LogP contribution >= 0.6 is 0 Å². The van der Waals surface area contributed by atoms with Crippen molar-refractivity contribution in [3.8, 4) is 0 Å². The number of anilines is 1. The Hall–Kier alpha value is -1.84. The molecule has 0 aromatic heterocycles. The lowest BCUT2D eigenvalue weighted by Gasteiger charge is -2.56. The molecule has 2 aromatic carbocycles. The van der Waals surface area contributed by atoms with Crippen molar-refractivity contribution >= 4 is 5.69 Å². The maximum absolute atomic E-state index is 10.1. The van der Waals surface area contributed by atoms with E-state index in [1.165, 1.54) is 42.5 Å². The first-order chi connectivity index (χ1) is 14.7. The van der Waals surface area contributed by atoms with Gasteiger partial charge in [0.25, 0.3) is 0 Å². The van der Waals surface area contributed by atoms with Gasteiger partial charge in [-0.3, -0.25) is 4.90 Å². The van der Waals surface area contributed by atoms with E-state index in [4.69, 9.17) is 0 Å². The first-order valence-corrected chi connectivity index (χ1v) is 11.9. The predicted octanol–water partition coefficient (Wildman–Crippen LogP) is 5.10. The third-order valence-corrected chi connectivity index (χ3v) is 7.82. The fourth-order valence-corrected chi connectivity index (χ4v) is 6.22. The minimum Gasteiger partial charge on any atom is -0.396 e. The molecule has 4 rings (SSSR count). The minimum absolute atomic E-state index is 0.266. The van der Waals surface area contributed by atoms with Crippen molar-refractivity contribution in [2.45, 2.75) is 57.4 Å². The van der Waals surface area contributed by atoms with Crippen LogP contribution in [0.25, 0.3) is 0 Å². The molecular formula is C27H38N2O. The largest absolute Gasteiger partial charge is 0.396 e. The average molecular weight is 407 g/mol. The topological polar surface area (TPSA) is 35.5 Å². The molecular weight excluding hydrogens is 368 g/mol. The van der Waals surface area contributed by atoms with Crippen LogP contribution in [0.1, 0.15) is 50.7 Å². The molecule has 162 valence electrons. The Kier molecular flexibility index (Phi) is 6.80. The molecule has 2 unspecified atom stereocenters. The highest BCUT2D eigenvalue weighted by molar-refractivity contribution is 5.48. The van der Waals surface area contributed by atoms with Gasteiger partial charge in [-0.2, -0.15) is 0 Å². The molecule has 3 heteroatoms. The number of piperidine rings is 1. The van der Waals surface area contributed by atoms with Crippen LogP contribution in [0, 0.1) is 11.8 Å². The number of fused-ring (bicyclic) bond motifs is 2. The first-order valence-electron chi connectivity index (χ1n) is 11.9. The maximum Gasteiger partial charge on any atom is 0.0474 e.